The van der Waals surface area contributed by atoms with Crippen molar-refractivity contribution in [2.45, 2.75) is 45.9 Å². The second-order valence-electron chi connectivity index (χ2n) is 3.71. The van der Waals surface area contributed by atoms with E-state index in [1.807, 2.05) is 0 Å². The van der Waals surface area contributed by atoms with Gasteiger partial charge in [-0.1, -0.05) is 27.2 Å². The van der Waals surface area contributed by atoms with Crippen LogP contribution in [-0.4, -0.2) is 11.2 Å². The molecule has 0 heterocycles. The lowest BCUT2D eigenvalue weighted by Gasteiger charge is -2.23. The Labute approximate surface area is 80.5 Å². The molecule has 0 N–H and O–H groups in total. The van der Waals surface area contributed by atoms with Gasteiger partial charge in [0.15, 0.2) is 0 Å². The predicted molar refractivity (Wildman–Crippen MR) is 53.6 cm³/mol. The number of Topliss-reactive ketones (excluding diaryl/α,β-unsaturated/α-hetero) is 1. The normalized spacial score (nSPS) is 16.2. The highest BCUT2D eigenvalue weighted by atomic mass is 35.5. The summed E-state index contributed by atoms with van der Waals surface area (Å²) in [6.45, 7) is 7.94. The summed E-state index contributed by atoms with van der Waals surface area (Å²) in [6, 6.07) is 0. The van der Waals surface area contributed by atoms with Gasteiger partial charge in [0.25, 0.3) is 0 Å². The number of ketones is 1. The van der Waals surface area contributed by atoms with Crippen molar-refractivity contribution in [1.82, 2.24) is 0 Å². The second-order valence-corrected chi connectivity index (χ2v) is 4.18. The van der Waals surface area contributed by atoms with Gasteiger partial charge >= 0.3 is 0 Å². The Kier molecular flexibility index (Phi) is 5.56. The van der Waals surface area contributed by atoms with Gasteiger partial charge in [0, 0.05) is 0 Å². The predicted octanol–water partition coefficient (Wildman–Crippen LogP) is 3.26. The zero-order valence-electron chi connectivity index (χ0n) is 8.43. The smallest absolute Gasteiger partial charge is 0.147 e. The van der Waals surface area contributed by atoms with Crippen LogP contribution < -0.4 is 0 Å². The van der Waals surface area contributed by atoms with Crippen LogP contribution in [0.5, 0.6) is 0 Å². The van der Waals surface area contributed by atoms with Crippen LogP contribution in [-0.2, 0) is 4.79 Å². The van der Waals surface area contributed by atoms with Crippen LogP contribution in [0.25, 0.3) is 0 Å². The first-order valence-corrected chi connectivity index (χ1v) is 5.08. The van der Waals surface area contributed by atoms with Gasteiger partial charge < -0.3 is 0 Å². The summed E-state index contributed by atoms with van der Waals surface area (Å²) in [5, 5.41) is -0.287. The summed E-state index contributed by atoms with van der Waals surface area (Å²) in [4.78, 5) is 11.0. The molecule has 2 unspecified atom stereocenters. The molecule has 0 spiro atoms. The monoisotopic (exact) mass is 190 g/mol. The maximum atomic E-state index is 11.0. The van der Waals surface area contributed by atoms with E-state index in [9.17, 15) is 4.79 Å². The minimum absolute atomic E-state index is 0.101. The first-order valence-electron chi connectivity index (χ1n) is 4.65. The molecule has 0 aromatic carbocycles. The Bertz CT molecular complexity index is 143. The summed E-state index contributed by atoms with van der Waals surface area (Å²) in [7, 11) is 0. The quantitative estimate of drug-likeness (QED) is 0.609. The van der Waals surface area contributed by atoms with Crippen LogP contribution in [0.15, 0.2) is 0 Å². The van der Waals surface area contributed by atoms with E-state index in [1.165, 1.54) is 0 Å². The van der Waals surface area contributed by atoms with Crippen LogP contribution in [0, 0.1) is 11.8 Å². The highest BCUT2D eigenvalue weighted by Crippen LogP contribution is 2.25. The van der Waals surface area contributed by atoms with E-state index in [0.29, 0.717) is 11.8 Å². The number of halogens is 1. The lowest BCUT2D eigenvalue weighted by atomic mass is 9.87. The number of carbonyl (C=O) groups is 1. The molecule has 0 aromatic heterocycles. The van der Waals surface area contributed by atoms with Crippen molar-refractivity contribution in [3.63, 3.8) is 0 Å². The summed E-state index contributed by atoms with van der Waals surface area (Å²) in [5.74, 6) is 0.939. The van der Waals surface area contributed by atoms with Crippen LogP contribution in [0.2, 0.25) is 0 Å². The van der Waals surface area contributed by atoms with E-state index in [2.05, 4.69) is 20.8 Å². The molecule has 0 radical (unpaired) electrons. The van der Waals surface area contributed by atoms with Crippen LogP contribution in [0.3, 0.4) is 0 Å². The molecular formula is C10H19ClO. The number of hydrogen-bond donors (Lipinski definition) is 0. The molecule has 2 heteroatoms. The third-order valence-electron chi connectivity index (χ3n) is 2.24. The Morgan fingerprint density at radius 2 is 1.92 bits per heavy atom. The van der Waals surface area contributed by atoms with Gasteiger partial charge in [-0.3, -0.25) is 4.79 Å². The van der Waals surface area contributed by atoms with Gasteiger partial charge in [0.2, 0.25) is 0 Å². The molecule has 0 amide bonds. The van der Waals surface area contributed by atoms with E-state index in [-0.39, 0.29) is 11.2 Å². The van der Waals surface area contributed by atoms with E-state index >= 15 is 0 Å². The molecule has 0 aliphatic heterocycles. The van der Waals surface area contributed by atoms with Crippen LogP contribution in [0.4, 0.5) is 0 Å². The fourth-order valence-corrected chi connectivity index (χ4v) is 1.87. The van der Waals surface area contributed by atoms with Crippen LogP contribution in [0.1, 0.15) is 40.5 Å². The number of alkyl halides is 1. The summed E-state index contributed by atoms with van der Waals surface area (Å²) in [6.07, 6.45) is 2.14. The molecular weight excluding hydrogens is 172 g/mol. The summed E-state index contributed by atoms with van der Waals surface area (Å²) < 4.78 is 0. The van der Waals surface area contributed by atoms with Gasteiger partial charge in [-0.05, 0) is 25.2 Å². The highest BCUT2D eigenvalue weighted by Gasteiger charge is 2.24. The first-order chi connectivity index (χ1) is 5.50. The Morgan fingerprint density at radius 3 is 2.17 bits per heavy atom. The van der Waals surface area contributed by atoms with Crippen molar-refractivity contribution in [1.29, 1.82) is 0 Å². The lowest BCUT2D eigenvalue weighted by molar-refractivity contribution is -0.117. The van der Waals surface area contributed by atoms with Gasteiger partial charge in [-0.25, -0.2) is 0 Å². The van der Waals surface area contributed by atoms with E-state index in [4.69, 9.17) is 11.6 Å². The number of hydrogen-bond acceptors (Lipinski definition) is 1. The van der Waals surface area contributed by atoms with Crippen molar-refractivity contribution >= 4 is 17.4 Å². The van der Waals surface area contributed by atoms with Crippen LogP contribution >= 0.6 is 11.6 Å². The van der Waals surface area contributed by atoms with Gasteiger partial charge in [0.05, 0.1) is 5.38 Å². The topological polar surface area (TPSA) is 17.1 Å². The molecule has 72 valence electrons. The molecule has 0 aliphatic rings. The minimum atomic E-state index is -0.287. The van der Waals surface area contributed by atoms with Crippen molar-refractivity contribution in [3.05, 3.63) is 0 Å². The molecule has 0 aliphatic carbocycles. The zero-order valence-corrected chi connectivity index (χ0v) is 9.19. The molecule has 12 heavy (non-hydrogen) atoms. The molecule has 0 rings (SSSR count). The lowest BCUT2D eigenvalue weighted by Crippen LogP contribution is -2.26. The molecule has 0 fully saturated rings. The molecule has 2 atom stereocenters. The Morgan fingerprint density at radius 1 is 1.42 bits per heavy atom. The average molecular weight is 191 g/mol. The summed E-state index contributed by atoms with van der Waals surface area (Å²) >= 11 is 6.01. The number of rotatable bonds is 5. The van der Waals surface area contributed by atoms with Crippen molar-refractivity contribution in [2.75, 3.05) is 0 Å². The molecule has 0 saturated heterocycles. The fraction of sp³-hybridized carbons (Fsp3) is 0.900. The van der Waals surface area contributed by atoms with E-state index < -0.39 is 0 Å². The maximum absolute atomic E-state index is 11.0. The SMILES string of the molecule is CCCC(C(C)C)C(Cl)C(C)=O. The number of carbonyl (C=O) groups excluding carboxylic acids is 1. The average Bonchev–Trinajstić information content (AvgIpc) is 1.98. The maximum Gasteiger partial charge on any atom is 0.147 e. The Balaban J connectivity index is 4.18. The minimum Gasteiger partial charge on any atom is -0.298 e. The van der Waals surface area contributed by atoms with Gasteiger partial charge in [0.1, 0.15) is 5.78 Å². The second kappa shape index (κ2) is 5.58. The third-order valence-corrected chi connectivity index (χ3v) is 2.87. The van der Waals surface area contributed by atoms with Crippen molar-refractivity contribution < 1.29 is 4.79 Å². The van der Waals surface area contributed by atoms with E-state index in [1.54, 1.807) is 6.92 Å². The summed E-state index contributed by atoms with van der Waals surface area (Å²) in [5.41, 5.74) is 0. The molecule has 0 saturated carbocycles. The first kappa shape index (κ1) is 12.0. The van der Waals surface area contributed by atoms with Gasteiger partial charge in [-0.15, -0.1) is 11.6 Å². The zero-order chi connectivity index (χ0) is 9.72. The molecule has 1 nitrogen and oxygen atoms in total. The van der Waals surface area contributed by atoms with E-state index in [0.717, 1.165) is 12.8 Å². The molecule has 0 bridgehead atoms. The Hall–Kier alpha value is -0.0400. The molecule has 0 aromatic rings. The standard InChI is InChI=1S/C10H19ClO/c1-5-6-9(7(2)3)10(11)8(4)12/h7,9-10H,5-6H2,1-4H3. The largest absolute Gasteiger partial charge is 0.298 e. The van der Waals surface area contributed by atoms with Crippen molar-refractivity contribution in [2.24, 2.45) is 11.8 Å². The third kappa shape index (κ3) is 3.57. The fourth-order valence-electron chi connectivity index (χ4n) is 1.45. The van der Waals surface area contributed by atoms with Gasteiger partial charge in [-0.2, -0.15) is 0 Å². The van der Waals surface area contributed by atoms with Crippen molar-refractivity contribution in [3.8, 4) is 0 Å². The highest BCUT2D eigenvalue weighted by molar-refractivity contribution is 6.31.